The molecule has 2 aromatic carbocycles. The SMILES string of the molecule is C[C@H](NC(=O)c1ccccc1)C(=O)NCCNC(=O)[C@H](C)NC(=O)c1ccccc1. The lowest BCUT2D eigenvalue weighted by Crippen LogP contribution is -2.48. The Kier molecular flexibility index (Phi) is 8.56. The molecule has 2 rings (SSSR count). The van der Waals surface area contributed by atoms with Crippen molar-refractivity contribution in [3.8, 4) is 0 Å². The summed E-state index contributed by atoms with van der Waals surface area (Å²) in [4.78, 5) is 48.3. The van der Waals surface area contributed by atoms with Crippen molar-refractivity contribution in [1.82, 2.24) is 21.3 Å². The van der Waals surface area contributed by atoms with E-state index in [1.54, 1.807) is 74.5 Å². The van der Waals surface area contributed by atoms with Gasteiger partial charge in [-0.1, -0.05) is 36.4 Å². The first-order chi connectivity index (χ1) is 14.4. The zero-order valence-electron chi connectivity index (χ0n) is 17.0. The summed E-state index contributed by atoms with van der Waals surface area (Å²) in [6, 6.07) is 15.8. The van der Waals surface area contributed by atoms with Gasteiger partial charge in [-0.2, -0.15) is 0 Å². The summed E-state index contributed by atoms with van der Waals surface area (Å²) in [6.07, 6.45) is 0. The van der Waals surface area contributed by atoms with Gasteiger partial charge < -0.3 is 21.3 Å². The van der Waals surface area contributed by atoms with Gasteiger partial charge in [-0.25, -0.2) is 0 Å². The van der Waals surface area contributed by atoms with E-state index >= 15 is 0 Å². The lowest BCUT2D eigenvalue weighted by Gasteiger charge is -2.16. The van der Waals surface area contributed by atoms with Crippen molar-refractivity contribution in [3.63, 3.8) is 0 Å². The molecule has 0 heterocycles. The third kappa shape index (κ3) is 7.05. The summed E-state index contributed by atoms with van der Waals surface area (Å²) >= 11 is 0. The zero-order valence-corrected chi connectivity index (χ0v) is 17.0. The number of hydrogen-bond acceptors (Lipinski definition) is 4. The second-order valence-corrected chi connectivity index (χ2v) is 6.70. The van der Waals surface area contributed by atoms with Crippen LogP contribution in [-0.4, -0.2) is 48.8 Å². The number of carbonyl (C=O) groups excluding carboxylic acids is 4. The van der Waals surface area contributed by atoms with Crippen LogP contribution in [-0.2, 0) is 9.59 Å². The Morgan fingerprint density at radius 2 is 0.967 bits per heavy atom. The van der Waals surface area contributed by atoms with E-state index in [0.29, 0.717) is 11.1 Å². The van der Waals surface area contributed by atoms with Crippen molar-refractivity contribution >= 4 is 23.6 Å². The van der Waals surface area contributed by atoms with E-state index in [9.17, 15) is 19.2 Å². The van der Waals surface area contributed by atoms with Crippen LogP contribution in [0.3, 0.4) is 0 Å². The highest BCUT2D eigenvalue weighted by atomic mass is 16.2. The maximum absolute atomic E-state index is 12.1. The monoisotopic (exact) mass is 410 g/mol. The average Bonchev–Trinajstić information content (AvgIpc) is 2.77. The predicted molar refractivity (Wildman–Crippen MR) is 113 cm³/mol. The first-order valence-corrected chi connectivity index (χ1v) is 9.65. The smallest absolute Gasteiger partial charge is 0.251 e. The van der Waals surface area contributed by atoms with Crippen LogP contribution in [0.5, 0.6) is 0 Å². The average molecular weight is 410 g/mol. The molecule has 4 N–H and O–H groups in total. The van der Waals surface area contributed by atoms with Gasteiger partial charge in [0.2, 0.25) is 11.8 Å². The summed E-state index contributed by atoms with van der Waals surface area (Å²) in [7, 11) is 0. The molecule has 0 aliphatic carbocycles. The second kappa shape index (κ2) is 11.4. The van der Waals surface area contributed by atoms with E-state index in [2.05, 4.69) is 21.3 Å². The van der Waals surface area contributed by atoms with Crippen molar-refractivity contribution < 1.29 is 19.2 Å². The molecule has 2 aromatic rings. The predicted octanol–water partition coefficient (Wildman–Crippen LogP) is 0.856. The first-order valence-electron chi connectivity index (χ1n) is 9.65. The number of hydrogen-bond donors (Lipinski definition) is 4. The maximum Gasteiger partial charge on any atom is 0.251 e. The molecule has 0 aliphatic rings. The van der Waals surface area contributed by atoms with E-state index in [1.807, 2.05) is 0 Å². The van der Waals surface area contributed by atoms with Gasteiger partial charge in [-0.15, -0.1) is 0 Å². The van der Waals surface area contributed by atoms with Crippen LogP contribution >= 0.6 is 0 Å². The van der Waals surface area contributed by atoms with Crippen LogP contribution in [0.2, 0.25) is 0 Å². The van der Waals surface area contributed by atoms with E-state index < -0.39 is 12.1 Å². The Hall–Kier alpha value is -3.68. The van der Waals surface area contributed by atoms with Gasteiger partial charge >= 0.3 is 0 Å². The molecular formula is C22H26N4O4. The largest absolute Gasteiger partial charge is 0.353 e. The molecule has 158 valence electrons. The van der Waals surface area contributed by atoms with Gasteiger partial charge in [-0.3, -0.25) is 19.2 Å². The number of amides is 4. The summed E-state index contributed by atoms with van der Waals surface area (Å²) in [5.74, 6) is -1.40. The number of rotatable bonds is 9. The third-order valence-corrected chi connectivity index (χ3v) is 4.28. The molecule has 0 bridgehead atoms. The van der Waals surface area contributed by atoms with E-state index in [-0.39, 0.29) is 36.7 Å². The molecule has 0 aliphatic heterocycles. The van der Waals surface area contributed by atoms with Gasteiger partial charge in [0.25, 0.3) is 11.8 Å². The van der Waals surface area contributed by atoms with E-state index in [4.69, 9.17) is 0 Å². The number of nitrogens with one attached hydrogen (secondary N) is 4. The van der Waals surface area contributed by atoms with Crippen molar-refractivity contribution in [2.45, 2.75) is 25.9 Å². The fourth-order valence-electron chi connectivity index (χ4n) is 2.55. The van der Waals surface area contributed by atoms with E-state index in [0.717, 1.165) is 0 Å². The van der Waals surface area contributed by atoms with Crippen molar-refractivity contribution in [3.05, 3.63) is 71.8 Å². The minimum Gasteiger partial charge on any atom is -0.353 e. The summed E-state index contributed by atoms with van der Waals surface area (Å²) < 4.78 is 0. The molecule has 0 saturated heterocycles. The molecule has 4 amide bonds. The van der Waals surface area contributed by atoms with Crippen LogP contribution in [0.4, 0.5) is 0 Å². The molecule has 0 unspecified atom stereocenters. The highest BCUT2D eigenvalue weighted by molar-refractivity contribution is 5.98. The Bertz CT molecular complexity index is 798. The van der Waals surface area contributed by atoms with Crippen molar-refractivity contribution in [1.29, 1.82) is 0 Å². The lowest BCUT2D eigenvalue weighted by molar-refractivity contribution is -0.124. The van der Waals surface area contributed by atoms with Crippen LogP contribution in [0.15, 0.2) is 60.7 Å². The van der Waals surface area contributed by atoms with Gasteiger partial charge in [0, 0.05) is 24.2 Å². The molecule has 0 fully saturated rings. The topological polar surface area (TPSA) is 116 Å². The highest BCUT2D eigenvalue weighted by Gasteiger charge is 2.18. The lowest BCUT2D eigenvalue weighted by atomic mass is 10.2. The Morgan fingerprint density at radius 1 is 0.633 bits per heavy atom. The maximum atomic E-state index is 12.1. The molecule has 0 aromatic heterocycles. The number of carbonyl (C=O) groups is 4. The van der Waals surface area contributed by atoms with Crippen LogP contribution in [0, 0.1) is 0 Å². The molecule has 2 atom stereocenters. The zero-order chi connectivity index (χ0) is 21.9. The fourth-order valence-corrected chi connectivity index (χ4v) is 2.55. The van der Waals surface area contributed by atoms with Crippen LogP contribution in [0.1, 0.15) is 34.6 Å². The molecule has 30 heavy (non-hydrogen) atoms. The third-order valence-electron chi connectivity index (χ3n) is 4.28. The standard InChI is InChI=1S/C22H26N4O4/c1-15(25-21(29)17-9-5-3-6-10-17)19(27)23-13-14-24-20(28)16(2)26-22(30)18-11-7-4-8-12-18/h3-12,15-16H,13-14H2,1-2H3,(H,23,27)(H,24,28)(H,25,29)(H,26,30)/t15-,16-/m0/s1. The quantitative estimate of drug-likeness (QED) is 0.459. The van der Waals surface area contributed by atoms with Gasteiger partial charge in [-0.05, 0) is 38.1 Å². The molecule has 0 spiro atoms. The van der Waals surface area contributed by atoms with Gasteiger partial charge in [0.15, 0.2) is 0 Å². The minimum atomic E-state index is -0.725. The van der Waals surface area contributed by atoms with Crippen LogP contribution < -0.4 is 21.3 Å². The summed E-state index contributed by atoms with van der Waals surface area (Å²) in [5, 5.41) is 10.5. The Labute approximate surface area is 175 Å². The first kappa shape index (κ1) is 22.6. The summed E-state index contributed by atoms with van der Waals surface area (Å²) in [5.41, 5.74) is 0.937. The molecule has 0 saturated carbocycles. The second-order valence-electron chi connectivity index (χ2n) is 6.70. The normalized spacial score (nSPS) is 12.2. The van der Waals surface area contributed by atoms with Crippen LogP contribution in [0.25, 0.3) is 0 Å². The summed E-state index contributed by atoms with van der Waals surface area (Å²) in [6.45, 7) is 3.54. The molecule has 8 nitrogen and oxygen atoms in total. The Morgan fingerprint density at radius 3 is 1.30 bits per heavy atom. The van der Waals surface area contributed by atoms with Gasteiger partial charge in [0.05, 0.1) is 0 Å². The van der Waals surface area contributed by atoms with Gasteiger partial charge in [0.1, 0.15) is 12.1 Å². The molecule has 8 heteroatoms. The minimum absolute atomic E-state index is 0.190. The highest BCUT2D eigenvalue weighted by Crippen LogP contribution is 2.00. The van der Waals surface area contributed by atoms with E-state index in [1.165, 1.54) is 0 Å². The Balaban J connectivity index is 1.67. The number of benzene rings is 2. The van der Waals surface area contributed by atoms with Crippen molar-refractivity contribution in [2.24, 2.45) is 0 Å². The molecular weight excluding hydrogens is 384 g/mol. The fraction of sp³-hybridized carbons (Fsp3) is 0.273. The molecule has 0 radical (unpaired) electrons. The van der Waals surface area contributed by atoms with Crippen molar-refractivity contribution in [2.75, 3.05) is 13.1 Å².